The minimum absolute atomic E-state index is 0.000195. The number of anilines is 1. The number of rotatable bonds is 6. The first-order valence-corrected chi connectivity index (χ1v) is 12.8. The first-order valence-electron chi connectivity index (χ1n) is 12.0. The van der Waals surface area contributed by atoms with Gasteiger partial charge in [0.2, 0.25) is 0 Å². The number of nitrogens with one attached hydrogen (secondary N) is 1. The zero-order valence-electron chi connectivity index (χ0n) is 21.2. The molecule has 3 aromatic carbocycles. The highest BCUT2D eigenvalue weighted by Crippen LogP contribution is 2.37. The molecule has 0 spiro atoms. The summed E-state index contributed by atoms with van der Waals surface area (Å²) in [5.41, 5.74) is 8.46. The fourth-order valence-corrected chi connectivity index (χ4v) is 5.64. The number of allylic oxidation sites excluding steroid dienone is 1. The van der Waals surface area contributed by atoms with Crippen LogP contribution in [0.25, 0.3) is 17.5 Å². The SMILES string of the molecule is COc1ccc(C=c2sc3n(c2=O)C(N)=C(C#N)C(c2ccc(OC)cc2)C=3C(=O)Nc2ccccc2)cc1. The quantitative estimate of drug-likeness (QED) is 0.391. The van der Waals surface area contributed by atoms with Gasteiger partial charge >= 0.3 is 0 Å². The molecule has 39 heavy (non-hydrogen) atoms. The van der Waals surface area contributed by atoms with Crippen molar-refractivity contribution in [2.24, 2.45) is 5.73 Å². The van der Waals surface area contributed by atoms with Crippen LogP contribution in [0, 0.1) is 11.3 Å². The monoisotopic (exact) mass is 536 g/mol. The number of benzene rings is 3. The summed E-state index contributed by atoms with van der Waals surface area (Å²) in [6.45, 7) is 0. The molecule has 5 rings (SSSR count). The van der Waals surface area contributed by atoms with Crippen LogP contribution in [-0.4, -0.2) is 24.7 Å². The minimum Gasteiger partial charge on any atom is -0.497 e. The number of nitrogens with two attached hydrogens (primary N) is 1. The van der Waals surface area contributed by atoms with Gasteiger partial charge in [-0.15, -0.1) is 11.3 Å². The lowest BCUT2D eigenvalue weighted by Gasteiger charge is -2.25. The van der Waals surface area contributed by atoms with Crippen LogP contribution in [0.2, 0.25) is 0 Å². The van der Waals surface area contributed by atoms with E-state index in [4.69, 9.17) is 15.2 Å². The Hall–Kier alpha value is -5.07. The molecule has 194 valence electrons. The standard InChI is InChI=1S/C30H24N4O4S/c1-37-21-12-8-18(9-13-21)16-24-29(36)34-27(32)23(17-31)25(19-10-14-22(38-2)15-11-19)26(30(34)39-24)28(35)33-20-6-4-3-5-7-20/h3-16,25H,32H2,1-2H3,(H,33,35). The number of ether oxygens (including phenoxy) is 2. The van der Waals surface area contributed by atoms with Gasteiger partial charge in [0, 0.05) is 5.69 Å². The Balaban J connectivity index is 1.78. The van der Waals surface area contributed by atoms with Crippen LogP contribution < -0.4 is 35.3 Å². The van der Waals surface area contributed by atoms with E-state index >= 15 is 0 Å². The molecule has 1 atom stereocenters. The second-order valence-electron chi connectivity index (χ2n) is 8.68. The van der Waals surface area contributed by atoms with Gasteiger partial charge in [0.15, 0.2) is 0 Å². The van der Waals surface area contributed by atoms with Gasteiger partial charge in [0.05, 0.1) is 41.9 Å². The molecule has 1 aromatic heterocycles. The lowest BCUT2D eigenvalue weighted by atomic mass is 9.83. The van der Waals surface area contributed by atoms with Crippen LogP contribution in [0.4, 0.5) is 5.69 Å². The molecule has 1 unspecified atom stereocenters. The van der Waals surface area contributed by atoms with Crippen molar-refractivity contribution in [1.29, 1.82) is 5.26 Å². The van der Waals surface area contributed by atoms with E-state index in [2.05, 4.69) is 11.4 Å². The number of nitriles is 1. The zero-order chi connectivity index (χ0) is 27.5. The zero-order valence-corrected chi connectivity index (χ0v) is 22.0. The molecule has 1 amide bonds. The largest absolute Gasteiger partial charge is 0.497 e. The number of para-hydroxylation sites is 1. The van der Waals surface area contributed by atoms with Crippen LogP contribution in [0.3, 0.4) is 0 Å². The van der Waals surface area contributed by atoms with E-state index in [0.29, 0.717) is 31.9 Å². The third-order valence-corrected chi connectivity index (χ3v) is 7.52. The second kappa shape index (κ2) is 10.7. The van der Waals surface area contributed by atoms with Crippen molar-refractivity contribution in [3.05, 3.63) is 115 Å². The van der Waals surface area contributed by atoms with Crippen molar-refractivity contribution in [2.75, 3.05) is 19.5 Å². The van der Waals surface area contributed by atoms with E-state index in [0.717, 1.165) is 16.9 Å². The van der Waals surface area contributed by atoms with Gasteiger partial charge in [0.25, 0.3) is 11.5 Å². The molecule has 1 aliphatic rings. The Morgan fingerprint density at radius 1 is 1.00 bits per heavy atom. The molecule has 0 fully saturated rings. The number of amides is 1. The molecule has 2 heterocycles. The maximum Gasteiger partial charge on any atom is 0.274 e. The third kappa shape index (κ3) is 4.81. The minimum atomic E-state index is -0.795. The molecule has 0 saturated heterocycles. The highest BCUT2D eigenvalue weighted by molar-refractivity contribution is 7.07. The lowest BCUT2D eigenvalue weighted by Crippen LogP contribution is -2.40. The number of carbonyl (C=O) groups is 1. The summed E-state index contributed by atoms with van der Waals surface area (Å²) in [7, 11) is 3.14. The molecule has 0 radical (unpaired) electrons. The van der Waals surface area contributed by atoms with Gasteiger partial charge in [-0.05, 0) is 53.6 Å². The highest BCUT2D eigenvalue weighted by atomic mass is 32.1. The van der Waals surface area contributed by atoms with E-state index in [9.17, 15) is 14.9 Å². The maximum atomic E-state index is 13.9. The van der Waals surface area contributed by atoms with E-state index < -0.39 is 17.4 Å². The number of nitrogens with zero attached hydrogens (tertiary/aromatic N) is 2. The summed E-state index contributed by atoms with van der Waals surface area (Å²) in [4.78, 5) is 27.5. The van der Waals surface area contributed by atoms with Crippen LogP contribution in [-0.2, 0) is 4.79 Å². The van der Waals surface area contributed by atoms with Crippen molar-refractivity contribution >= 4 is 40.4 Å². The van der Waals surface area contributed by atoms with E-state index in [1.54, 1.807) is 68.8 Å². The Morgan fingerprint density at radius 2 is 1.62 bits per heavy atom. The number of carbonyl (C=O) groups excluding carboxylic acids is 1. The highest BCUT2D eigenvalue weighted by Gasteiger charge is 2.35. The number of hydrogen-bond donors (Lipinski definition) is 2. The molecular formula is C30H24N4O4S. The summed E-state index contributed by atoms with van der Waals surface area (Å²) in [6.07, 6.45) is 1.73. The molecule has 0 saturated carbocycles. The average molecular weight is 537 g/mol. The Kier molecular flexibility index (Phi) is 7.04. The molecule has 1 aliphatic heterocycles. The predicted molar refractivity (Wildman–Crippen MR) is 152 cm³/mol. The molecule has 0 bridgehead atoms. The number of methoxy groups -OCH3 is 2. The summed E-state index contributed by atoms with van der Waals surface area (Å²) in [6, 6.07) is 25.5. The van der Waals surface area contributed by atoms with E-state index in [1.807, 2.05) is 30.3 Å². The number of aromatic nitrogens is 1. The van der Waals surface area contributed by atoms with Crippen molar-refractivity contribution in [3.8, 4) is 17.6 Å². The van der Waals surface area contributed by atoms with Crippen molar-refractivity contribution in [3.63, 3.8) is 0 Å². The van der Waals surface area contributed by atoms with E-state index in [-0.39, 0.29) is 17.0 Å². The first-order chi connectivity index (χ1) is 18.9. The fourth-order valence-electron chi connectivity index (χ4n) is 4.47. The summed E-state index contributed by atoms with van der Waals surface area (Å²) >= 11 is 1.15. The smallest absolute Gasteiger partial charge is 0.274 e. The summed E-state index contributed by atoms with van der Waals surface area (Å²) in [5, 5.41) is 13.1. The van der Waals surface area contributed by atoms with Crippen molar-refractivity contribution < 1.29 is 14.3 Å². The molecule has 0 aliphatic carbocycles. The average Bonchev–Trinajstić information content (AvgIpc) is 3.29. The second-order valence-corrected chi connectivity index (χ2v) is 9.71. The van der Waals surface area contributed by atoms with Crippen LogP contribution in [0.1, 0.15) is 17.0 Å². The number of thiazole rings is 1. The Bertz CT molecular complexity index is 1800. The van der Waals surface area contributed by atoms with Crippen molar-refractivity contribution in [1.82, 2.24) is 4.57 Å². The van der Waals surface area contributed by atoms with Gasteiger partial charge in [0.1, 0.15) is 22.0 Å². The topological polar surface area (TPSA) is 119 Å². The van der Waals surface area contributed by atoms with Gasteiger partial charge in [-0.2, -0.15) is 5.26 Å². The lowest BCUT2D eigenvalue weighted by molar-refractivity contribution is -0.111. The normalized spacial score (nSPS) is 14.9. The van der Waals surface area contributed by atoms with Crippen LogP contribution >= 0.6 is 11.3 Å². The molecule has 9 heteroatoms. The summed E-state index contributed by atoms with van der Waals surface area (Å²) in [5.74, 6) is 0.0883. The van der Waals surface area contributed by atoms with Crippen LogP contribution in [0.5, 0.6) is 11.5 Å². The summed E-state index contributed by atoms with van der Waals surface area (Å²) < 4.78 is 12.5. The number of hydrogen-bond acceptors (Lipinski definition) is 7. The number of fused-ring (bicyclic) bond motifs is 1. The molecule has 8 nitrogen and oxygen atoms in total. The van der Waals surface area contributed by atoms with Crippen molar-refractivity contribution in [2.45, 2.75) is 5.92 Å². The third-order valence-electron chi connectivity index (χ3n) is 6.41. The van der Waals surface area contributed by atoms with Gasteiger partial charge in [-0.25, -0.2) is 0 Å². The maximum absolute atomic E-state index is 13.9. The Morgan fingerprint density at radius 3 is 2.21 bits per heavy atom. The fraction of sp³-hybridized carbons (Fsp3) is 0.100. The van der Waals surface area contributed by atoms with Crippen LogP contribution in [0.15, 0.2) is 89.2 Å². The molecular weight excluding hydrogens is 512 g/mol. The van der Waals surface area contributed by atoms with E-state index in [1.165, 1.54) is 4.57 Å². The van der Waals surface area contributed by atoms with Gasteiger partial charge in [-0.1, -0.05) is 42.5 Å². The van der Waals surface area contributed by atoms with Gasteiger partial charge < -0.3 is 20.5 Å². The van der Waals surface area contributed by atoms with Gasteiger partial charge in [-0.3, -0.25) is 14.2 Å². The molecule has 3 N–H and O–H groups in total. The Labute approximate surface area is 228 Å². The predicted octanol–water partition coefficient (Wildman–Crippen LogP) is 2.99. The molecule has 4 aromatic rings. The first kappa shape index (κ1) is 25.6.